The second-order valence-electron chi connectivity index (χ2n) is 9.15. The van der Waals surface area contributed by atoms with Crippen LogP contribution in [0.25, 0.3) is 0 Å². The van der Waals surface area contributed by atoms with Gasteiger partial charge in [0.25, 0.3) is 5.91 Å². The first kappa shape index (κ1) is 27.5. The lowest BCUT2D eigenvalue weighted by Crippen LogP contribution is -2.33. The molecule has 9 nitrogen and oxygen atoms in total. The number of rotatable bonds is 8. The molecule has 0 radical (unpaired) electrons. The first-order valence-corrected chi connectivity index (χ1v) is 12.9. The summed E-state index contributed by atoms with van der Waals surface area (Å²) in [6.45, 7) is 2.48. The second-order valence-corrected chi connectivity index (χ2v) is 10.1. The van der Waals surface area contributed by atoms with Crippen LogP contribution in [-0.2, 0) is 12.7 Å². The Kier molecular flexibility index (Phi) is 7.97. The number of aromatic nitrogens is 3. The number of carbonyl (C=O) groups excluding carboxylic acids is 1. The fourth-order valence-corrected chi connectivity index (χ4v) is 4.37. The summed E-state index contributed by atoms with van der Waals surface area (Å²) >= 11 is 1.43. The summed E-state index contributed by atoms with van der Waals surface area (Å²) in [5.41, 5.74) is -0.255. The van der Waals surface area contributed by atoms with Gasteiger partial charge >= 0.3 is 6.18 Å². The molecule has 1 unspecified atom stereocenters. The van der Waals surface area contributed by atoms with Crippen LogP contribution in [0.3, 0.4) is 0 Å². The van der Waals surface area contributed by atoms with Crippen LogP contribution in [0, 0.1) is 0 Å². The minimum atomic E-state index is -4.66. The first-order chi connectivity index (χ1) is 18.0. The number of β-amino-alcohol motifs (C(OH)–C–C–N with tert-alkyl or cyclic N) is 1. The van der Waals surface area contributed by atoms with Crippen molar-refractivity contribution in [1.29, 1.82) is 0 Å². The van der Waals surface area contributed by atoms with E-state index in [1.54, 1.807) is 54.4 Å². The van der Waals surface area contributed by atoms with Crippen LogP contribution in [0.15, 0.2) is 48.8 Å². The Balaban J connectivity index is 1.51. The van der Waals surface area contributed by atoms with Gasteiger partial charge in [0.05, 0.1) is 5.60 Å². The highest BCUT2D eigenvalue weighted by Gasteiger charge is 2.36. The maximum atomic E-state index is 13.7. The highest BCUT2D eigenvalue weighted by Crippen LogP contribution is 2.35. The number of benzene rings is 1. The average molecular weight is 548 g/mol. The molecule has 0 bridgehead atoms. The molecule has 3 heterocycles. The average Bonchev–Trinajstić information content (AvgIpc) is 3.26. The molecule has 1 aromatic carbocycles. The maximum absolute atomic E-state index is 13.7. The third kappa shape index (κ3) is 6.45. The Hall–Kier alpha value is -3.58. The number of nitrogens with zero attached hydrogens (tertiary/aromatic N) is 5. The monoisotopic (exact) mass is 547 g/mol. The Labute approximate surface area is 222 Å². The number of hydrogen-bond acceptors (Lipinski definition) is 9. The number of amides is 1. The zero-order valence-corrected chi connectivity index (χ0v) is 21.9. The number of aliphatic hydroxyl groups is 1. The molecule has 4 rings (SSSR count). The third-order valence-corrected chi connectivity index (χ3v) is 6.83. The van der Waals surface area contributed by atoms with E-state index in [0.29, 0.717) is 35.6 Å². The van der Waals surface area contributed by atoms with Gasteiger partial charge in [0.15, 0.2) is 0 Å². The molecule has 1 amide bonds. The van der Waals surface area contributed by atoms with Crippen LogP contribution in [0.5, 0.6) is 0 Å². The van der Waals surface area contributed by atoms with Gasteiger partial charge in [-0.2, -0.15) is 18.2 Å². The number of alkyl halides is 3. The minimum Gasteiger partial charge on any atom is -0.388 e. The van der Waals surface area contributed by atoms with Gasteiger partial charge in [-0.15, -0.1) is 0 Å². The fourth-order valence-electron chi connectivity index (χ4n) is 4.03. The fraction of sp³-hybridized carbons (Fsp3) is 0.360. The molecule has 3 aromatic rings. The van der Waals surface area contributed by atoms with Crippen LogP contribution >= 0.6 is 11.9 Å². The molecule has 0 spiro atoms. The lowest BCUT2D eigenvalue weighted by atomic mass is 10.1. The van der Waals surface area contributed by atoms with E-state index < -0.39 is 17.3 Å². The van der Waals surface area contributed by atoms with Crippen LogP contribution < -0.4 is 14.9 Å². The number of anilines is 4. The largest absolute Gasteiger partial charge is 0.421 e. The van der Waals surface area contributed by atoms with Crippen molar-refractivity contribution in [2.24, 2.45) is 0 Å². The molecule has 1 atom stereocenters. The number of pyridine rings is 1. The van der Waals surface area contributed by atoms with E-state index in [2.05, 4.69) is 25.6 Å². The van der Waals surface area contributed by atoms with Crippen LogP contribution in [0.1, 0.15) is 34.8 Å². The van der Waals surface area contributed by atoms with Crippen molar-refractivity contribution in [2.45, 2.75) is 31.7 Å². The van der Waals surface area contributed by atoms with E-state index in [-0.39, 0.29) is 30.8 Å². The van der Waals surface area contributed by atoms with Gasteiger partial charge in [-0.25, -0.2) is 9.97 Å². The molecule has 1 aliphatic rings. The predicted octanol–water partition coefficient (Wildman–Crippen LogP) is 4.56. The van der Waals surface area contributed by atoms with Gasteiger partial charge in [-0.05, 0) is 43.7 Å². The maximum Gasteiger partial charge on any atom is 0.421 e. The highest BCUT2D eigenvalue weighted by molar-refractivity contribution is 7.99. The molecule has 13 heteroatoms. The molecule has 1 fully saturated rings. The molecule has 3 N–H and O–H groups in total. The molecule has 1 aliphatic heterocycles. The van der Waals surface area contributed by atoms with Crippen LogP contribution in [0.4, 0.5) is 36.4 Å². The molecular weight excluding hydrogens is 519 g/mol. The van der Waals surface area contributed by atoms with Crippen molar-refractivity contribution in [3.05, 3.63) is 65.5 Å². The van der Waals surface area contributed by atoms with E-state index in [9.17, 15) is 23.1 Å². The first-order valence-electron chi connectivity index (χ1n) is 11.8. The van der Waals surface area contributed by atoms with Crippen LogP contribution in [-0.4, -0.2) is 62.9 Å². The van der Waals surface area contributed by atoms with E-state index in [1.807, 2.05) is 17.6 Å². The van der Waals surface area contributed by atoms with Crippen molar-refractivity contribution in [1.82, 2.24) is 19.9 Å². The summed E-state index contributed by atoms with van der Waals surface area (Å²) in [5, 5.41) is 15.8. The summed E-state index contributed by atoms with van der Waals surface area (Å²) in [7, 11) is 1.82. The molecule has 2 aromatic heterocycles. The number of carbonyl (C=O) groups is 1. The Morgan fingerprint density at radius 1 is 1.24 bits per heavy atom. The quantitative estimate of drug-likeness (QED) is 0.350. The molecule has 0 saturated carbocycles. The normalized spacial score (nSPS) is 17.4. The van der Waals surface area contributed by atoms with Crippen molar-refractivity contribution in [3.63, 3.8) is 0 Å². The van der Waals surface area contributed by atoms with Gasteiger partial charge in [-0.1, -0.05) is 18.0 Å². The Bertz CT molecular complexity index is 1290. The number of hydrogen-bond donors (Lipinski definition) is 3. The standard InChI is InChI=1S/C25H28F3N7O2S/c1-24(37)10-12-35(15-24)22(36)16-6-8-18(9-7-16)32-23-31-14-19(25(26,27)28)20(33-23)30-13-17-5-4-11-29-21(17)34(2)38-3/h4-9,11,14,37H,10,12-13,15H2,1-3H3,(H2,30,31,32,33). The van der Waals surface area contributed by atoms with Gasteiger partial charge in [-0.3, -0.25) is 4.79 Å². The van der Waals surface area contributed by atoms with Crippen LogP contribution in [0.2, 0.25) is 0 Å². The van der Waals surface area contributed by atoms with E-state index in [1.165, 1.54) is 11.9 Å². The minimum absolute atomic E-state index is 0.0391. The SMILES string of the molecule is CSN(C)c1ncccc1CNc1nc(Nc2ccc(C(=O)N3CCC(C)(O)C3)cc2)ncc1C(F)(F)F. The van der Waals surface area contributed by atoms with Crippen molar-refractivity contribution in [2.75, 3.05) is 41.3 Å². The van der Waals surface area contributed by atoms with Gasteiger partial charge in [0.2, 0.25) is 5.95 Å². The highest BCUT2D eigenvalue weighted by atomic mass is 32.2. The van der Waals surface area contributed by atoms with Gasteiger partial charge in [0.1, 0.15) is 17.2 Å². The van der Waals surface area contributed by atoms with E-state index in [0.717, 1.165) is 6.20 Å². The van der Waals surface area contributed by atoms with Gasteiger partial charge in [0, 0.05) is 62.1 Å². The number of nitrogens with one attached hydrogen (secondary N) is 2. The molecule has 0 aliphatic carbocycles. The van der Waals surface area contributed by atoms with E-state index >= 15 is 0 Å². The summed E-state index contributed by atoms with van der Waals surface area (Å²) in [4.78, 5) is 26.5. The summed E-state index contributed by atoms with van der Waals surface area (Å²) in [6, 6.07) is 9.94. The Morgan fingerprint density at radius 2 is 1.97 bits per heavy atom. The second kappa shape index (κ2) is 11.0. The number of halogens is 3. The van der Waals surface area contributed by atoms with Crippen molar-refractivity contribution < 1.29 is 23.1 Å². The smallest absolute Gasteiger partial charge is 0.388 e. The lowest BCUT2D eigenvalue weighted by molar-refractivity contribution is -0.137. The van der Waals surface area contributed by atoms with Crippen molar-refractivity contribution in [3.8, 4) is 0 Å². The molecule has 1 saturated heterocycles. The zero-order chi connectivity index (χ0) is 27.5. The summed E-state index contributed by atoms with van der Waals surface area (Å²) in [5.74, 6) is 0.0152. The number of likely N-dealkylation sites (tertiary alicyclic amines) is 1. The van der Waals surface area contributed by atoms with Crippen molar-refractivity contribution >= 4 is 41.1 Å². The molecule has 202 valence electrons. The zero-order valence-electron chi connectivity index (χ0n) is 21.1. The third-order valence-electron chi connectivity index (χ3n) is 6.11. The predicted molar refractivity (Wildman–Crippen MR) is 141 cm³/mol. The molecular formula is C25H28F3N7O2S. The summed E-state index contributed by atoms with van der Waals surface area (Å²) < 4.78 is 42.8. The lowest BCUT2D eigenvalue weighted by Gasteiger charge is -2.19. The Morgan fingerprint density at radius 3 is 2.61 bits per heavy atom. The van der Waals surface area contributed by atoms with E-state index in [4.69, 9.17) is 0 Å². The van der Waals surface area contributed by atoms with Gasteiger partial charge < -0.3 is 24.9 Å². The summed E-state index contributed by atoms with van der Waals surface area (Å²) in [6.07, 6.45) is 0.0722. The molecule has 38 heavy (non-hydrogen) atoms. The topological polar surface area (TPSA) is 107 Å².